The van der Waals surface area contributed by atoms with Gasteiger partial charge in [-0.2, -0.15) is 0 Å². The van der Waals surface area contributed by atoms with Crippen LogP contribution in [0.5, 0.6) is 5.75 Å². The number of ether oxygens (including phenoxy) is 2. The summed E-state index contributed by atoms with van der Waals surface area (Å²) in [6.07, 6.45) is 1.85. The zero-order valence-corrected chi connectivity index (χ0v) is 23.0. The van der Waals surface area contributed by atoms with Crippen LogP contribution in [0.4, 0.5) is 0 Å². The topological polar surface area (TPSA) is 71.5 Å². The number of carboxylic acid groups (broad SMARTS) is 1. The van der Waals surface area contributed by atoms with Crippen molar-refractivity contribution < 1.29 is 48.9 Å². The first kappa shape index (κ1) is 25.1. The number of carbonyl (C=O) groups excluding carboxylic acids is 1. The molecule has 0 aliphatic heterocycles. The predicted molar refractivity (Wildman–Crippen MR) is 130 cm³/mol. The van der Waals surface area contributed by atoms with Crippen LogP contribution in [0.25, 0.3) is 31.6 Å². The number of aryl methyl sites for hydroxylation is 2. The van der Waals surface area contributed by atoms with E-state index in [1.165, 1.54) is 0 Å². The van der Waals surface area contributed by atoms with Gasteiger partial charge in [0.25, 0.3) is 0 Å². The Bertz CT molecular complexity index is 1390. The molecule has 0 saturated heterocycles. The van der Waals surface area contributed by atoms with Gasteiger partial charge in [-0.25, -0.2) is 4.98 Å². The standard InChI is InChI=1S/C27H27NO4S.Na/c1-15-9-10-21(32-14-17-12-27(3,13-17)31-4)23-19(26(29)30)11-20(28-24(15)23)25-16(2)18-7-5-6-8-22(18)33-25;/h5-11,17H,12-14H2,1-4H3,(H,29,30);/q;+1/p-1. The maximum Gasteiger partial charge on any atom is 1.00 e. The van der Waals surface area contributed by atoms with Gasteiger partial charge in [-0.3, -0.25) is 0 Å². The molecule has 0 bridgehead atoms. The normalized spacial score (nSPS) is 19.6. The number of pyridine rings is 1. The summed E-state index contributed by atoms with van der Waals surface area (Å²) < 4.78 is 12.8. The number of nitrogens with zero attached hydrogens (tertiary/aromatic N) is 1. The molecular weight excluding hydrogens is 457 g/mol. The number of methoxy groups -OCH3 is 1. The van der Waals surface area contributed by atoms with Gasteiger partial charge >= 0.3 is 29.6 Å². The molecule has 1 saturated carbocycles. The molecule has 0 N–H and O–H groups in total. The second-order valence-corrected chi connectivity index (χ2v) is 10.3. The smallest absolute Gasteiger partial charge is 0.545 e. The quantitative estimate of drug-likeness (QED) is 0.394. The number of rotatable bonds is 6. The minimum absolute atomic E-state index is 0. The summed E-state index contributed by atoms with van der Waals surface area (Å²) in [4.78, 5) is 18.1. The average molecular weight is 484 g/mol. The van der Waals surface area contributed by atoms with Crippen molar-refractivity contribution in [1.29, 1.82) is 0 Å². The van der Waals surface area contributed by atoms with Crippen LogP contribution in [0.15, 0.2) is 42.5 Å². The van der Waals surface area contributed by atoms with E-state index in [2.05, 4.69) is 26.0 Å². The first-order valence-electron chi connectivity index (χ1n) is 11.1. The monoisotopic (exact) mass is 483 g/mol. The summed E-state index contributed by atoms with van der Waals surface area (Å²) in [5.41, 5.74) is 3.31. The molecule has 4 aromatic rings. The van der Waals surface area contributed by atoms with Crippen molar-refractivity contribution in [2.24, 2.45) is 5.92 Å². The third-order valence-corrected chi connectivity index (χ3v) is 8.12. The Hall–Kier alpha value is -1.96. The second-order valence-electron chi connectivity index (χ2n) is 9.24. The second kappa shape index (κ2) is 9.59. The fraction of sp³-hybridized carbons (Fsp3) is 0.333. The van der Waals surface area contributed by atoms with E-state index in [0.29, 0.717) is 34.9 Å². The number of hydrogen-bond acceptors (Lipinski definition) is 6. The first-order chi connectivity index (χ1) is 15.8. The SMILES string of the molecule is COC1(C)CC(COc2ccc(C)c3nc(-c4sc5ccccc5c4C)cc(C(=O)[O-])c23)C1.[Na+]. The van der Waals surface area contributed by atoms with Gasteiger partial charge in [0.1, 0.15) is 5.75 Å². The number of benzene rings is 2. The first-order valence-corrected chi connectivity index (χ1v) is 11.9. The molecule has 2 aromatic carbocycles. The van der Waals surface area contributed by atoms with Crippen LogP contribution in [-0.2, 0) is 4.74 Å². The molecule has 0 radical (unpaired) electrons. The molecule has 5 rings (SSSR count). The van der Waals surface area contributed by atoms with Crippen LogP contribution in [0.1, 0.15) is 41.3 Å². The Morgan fingerprint density at radius 1 is 1.21 bits per heavy atom. The summed E-state index contributed by atoms with van der Waals surface area (Å²) >= 11 is 1.62. The number of fused-ring (bicyclic) bond motifs is 2. The van der Waals surface area contributed by atoms with Crippen molar-refractivity contribution in [2.45, 2.75) is 39.2 Å². The van der Waals surface area contributed by atoms with Gasteiger partial charge in [0.2, 0.25) is 0 Å². The van der Waals surface area contributed by atoms with E-state index in [1.807, 2.05) is 31.2 Å². The van der Waals surface area contributed by atoms with Gasteiger partial charge in [-0.15, -0.1) is 11.3 Å². The Kier molecular flexibility index (Phi) is 7.09. The number of thiophene rings is 1. The maximum atomic E-state index is 12.2. The van der Waals surface area contributed by atoms with E-state index < -0.39 is 5.97 Å². The molecule has 170 valence electrons. The number of hydrogen-bond donors (Lipinski definition) is 0. The maximum absolute atomic E-state index is 12.2. The number of carboxylic acids is 1. The molecule has 0 unspecified atom stereocenters. The molecule has 5 nitrogen and oxygen atoms in total. The van der Waals surface area contributed by atoms with Crippen molar-refractivity contribution >= 4 is 38.3 Å². The molecule has 2 heterocycles. The summed E-state index contributed by atoms with van der Waals surface area (Å²) in [5.74, 6) is -0.312. The molecule has 34 heavy (non-hydrogen) atoms. The van der Waals surface area contributed by atoms with Crippen molar-refractivity contribution in [3.8, 4) is 16.3 Å². The van der Waals surface area contributed by atoms with Gasteiger partial charge in [0.15, 0.2) is 0 Å². The van der Waals surface area contributed by atoms with E-state index in [4.69, 9.17) is 14.5 Å². The fourth-order valence-corrected chi connectivity index (χ4v) is 6.08. The Balaban J connectivity index is 0.00000274. The van der Waals surface area contributed by atoms with E-state index in [1.54, 1.807) is 24.5 Å². The fourth-order valence-electron chi connectivity index (χ4n) is 4.91. The molecular formula is C27H26NNaO4S. The Morgan fingerprint density at radius 3 is 2.62 bits per heavy atom. The molecule has 2 aromatic heterocycles. The number of aromatic nitrogens is 1. The summed E-state index contributed by atoms with van der Waals surface area (Å²) in [6.45, 7) is 6.61. The van der Waals surface area contributed by atoms with Gasteiger partial charge in [0.05, 0.1) is 39.7 Å². The molecule has 1 fully saturated rings. The summed E-state index contributed by atoms with van der Waals surface area (Å²) in [5, 5.41) is 13.9. The van der Waals surface area contributed by atoms with Crippen LogP contribution >= 0.6 is 11.3 Å². The van der Waals surface area contributed by atoms with Crippen molar-refractivity contribution in [2.75, 3.05) is 13.7 Å². The molecule has 1 aliphatic carbocycles. The minimum Gasteiger partial charge on any atom is -0.545 e. The van der Waals surface area contributed by atoms with Gasteiger partial charge in [-0.1, -0.05) is 24.3 Å². The van der Waals surface area contributed by atoms with Gasteiger partial charge < -0.3 is 19.4 Å². The van der Waals surface area contributed by atoms with E-state index in [-0.39, 0.29) is 40.7 Å². The van der Waals surface area contributed by atoms with Crippen LogP contribution in [0, 0.1) is 19.8 Å². The molecule has 7 heteroatoms. The zero-order chi connectivity index (χ0) is 23.3. The van der Waals surface area contributed by atoms with Crippen LogP contribution < -0.4 is 39.4 Å². The van der Waals surface area contributed by atoms with Crippen LogP contribution in [0.2, 0.25) is 0 Å². The summed E-state index contributed by atoms with van der Waals surface area (Å²) in [6, 6.07) is 13.6. The molecule has 0 atom stereocenters. The Morgan fingerprint density at radius 2 is 1.94 bits per heavy atom. The number of aromatic carboxylic acids is 1. The Labute approximate surface area is 225 Å². The largest absolute Gasteiger partial charge is 1.00 e. The molecule has 1 aliphatic rings. The third kappa shape index (κ3) is 4.38. The zero-order valence-electron chi connectivity index (χ0n) is 20.2. The van der Waals surface area contributed by atoms with Crippen molar-refractivity contribution in [3.63, 3.8) is 0 Å². The van der Waals surface area contributed by atoms with Crippen molar-refractivity contribution in [3.05, 3.63) is 59.2 Å². The van der Waals surface area contributed by atoms with Crippen LogP contribution in [-0.4, -0.2) is 30.3 Å². The van der Waals surface area contributed by atoms with Gasteiger partial charge in [0, 0.05) is 17.4 Å². The van der Waals surface area contributed by atoms with Crippen molar-refractivity contribution in [1.82, 2.24) is 4.98 Å². The minimum atomic E-state index is -1.23. The van der Waals surface area contributed by atoms with Crippen LogP contribution in [0.3, 0.4) is 0 Å². The summed E-state index contributed by atoms with van der Waals surface area (Å²) in [7, 11) is 1.73. The molecule has 0 amide bonds. The molecule has 0 spiro atoms. The van der Waals surface area contributed by atoms with E-state index in [9.17, 15) is 9.90 Å². The van der Waals surface area contributed by atoms with E-state index >= 15 is 0 Å². The van der Waals surface area contributed by atoms with E-state index in [0.717, 1.165) is 38.9 Å². The van der Waals surface area contributed by atoms with Gasteiger partial charge in [-0.05, 0) is 74.2 Å². The number of carbonyl (C=O) groups is 1. The predicted octanol–water partition coefficient (Wildman–Crippen LogP) is 2.29. The third-order valence-electron chi connectivity index (χ3n) is 6.83. The average Bonchev–Trinajstić information content (AvgIpc) is 3.13.